The molecule has 0 bridgehead atoms. The van der Waals surface area contributed by atoms with E-state index in [4.69, 9.17) is 0 Å². The van der Waals surface area contributed by atoms with Crippen LogP contribution in [0.1, 0.15) is 27.2 Å². The highest BCUT2D eigenvalue weighted by Crippen LogP contribution is 1.98. The summed E-state index contributed by atoms with van der Waals surface area (Å²) in [7, 11) is 3.09. The van der Waals surface area contributed by atoms with Crippen molar-refractivity contribution in [2.75, 3.05) is 20.7 Å². The molecule has 1 atom stereocenters. The van der Waals surface area contributed by atoms with Crippen LogP contribution in [-0.2, 0) is 9.53 Å². The molecule has 5 heteroatoms. The van der Waals surface area contributed by atoms with Crippen LogP contribution >= 0.6 is 0 Å². The van der Waals surface area contributed by atoms with Gasteiger partial charge in [0.05, 0.1) is 13.5 Å². The number of guanidine groups is 1. The number of esters is 1. The summed E-state index contributed by atoms with van der Waals surface area (Å²) in [5.74, 6) is 1.02. The first kappa shape index (κ1) is 14.7. The number of nitrogens with zero attached hydrogens (tertiary/aromatic N) is 1. The second-order valence-electron chi connectivity index (χ2n) is 4.00. The van der Waals surface area contributed by atoms with E-state index in [0.717, 1.165) is 0 Å². The Balaban J connectivity index is 3.90. The monoisotopic (exact) mass is 229 g/mol. The van der Waals surface area contributed by atoms with E-state index in [1.807, 2.05) is 0 Å². The molecule has 2 N–H and O–H groups in total. The SMILES string of the molecule is CN=C(NCCC(=O)OC)NC(C)C(C)C. The average Bonchev–Trinajstić information content (AvgIpc) is 2.26. The lowest BCUT2D eigenvalue weighted by atomic mass is 10.1. The fraction of sp³-hybridized carbons (Fsp3) is 0.818. The zero-order chi connectivity index (χ0) is 12.6. The third-order valence-corrected chi connectivity index (χ3v) is 2.44. The second kappa shape index (κ2) is 7.96. The van der Waals surface area contributed by atoms with Crippen molar-refractivity contribution in [3.63, 3.8) is 0 Å². The maximum atomic E-state index is 10.9. The van der Waals surface area contributed by atoms with Gasteiger partial charge in [0, 0.05) is 19.6 Å². The second-order valence-corrected chi connectivity index (χ2v) is 4.00. The number of methoxy groups -OCH3 is 1. The van der Waals surface area contributed by atoms with Crippen molar-refractivity contribution in [2.45, 2.75) is 33.2 Å². The van der Waals surface area contributed by atoms with Gasteiger partial charge in [-0.25, -0.2) is 0 Å². The van der Waals surface area contributed by atoms with E-state index in [0.29, 0.717) is 30.9 Å². The van der Waals surface area contributed by atoms with Gasteiger partial charge < -0.3 is 15.4 Å². The van der Waals surface area contributed by atoms with Gasteiger partial charge in [-0.1, -0.05) is 13.8 Å². The van der Waals surface area contributed by atoms with Gasteiger partial charge in [-0.15, -0.1) is 0 Å². The molecule has 0 spiro atoms. The summed E-state index contributed by atoms with van der Waals surface area (Å²) in [5.41, 5.74) is 0. The first-order valence-electron chi connectivity index (χ1n) is 5.55. The van der Waals surface area contributed by atoms with Crippen LogP contribution in [0.2, 0.25) is 0 Å². The van der Waals surface area contributed by atoms with Crippen LogP contribution in [0.3, 0.4) is 0 Å². The Bertz CT molecular complexity index is 239. The molecule has 0 heterocycles. The van der Waals surface area contributed by atoms with Crippen molar-refractivity contribution in [1.29, 1.82) is 0 Å². The van der Waals surface area contributed by atoms with Gasteiger partial charge in [-0.3, -0.25) is 9.79 Å². The average molecular weight is 229 g/mol. The van der Waals surface area contributed by atoms with Crippen molar-refractivity contribution in [3.05, 3.63) is 0 Å². The Morgan fingerprint density at radius 1 is 1.38 bits per heavy atom. The summed E-state index contributed by atoms with van der Waals surface area (Å²) in [5, 5.41) is 6.30. The van der Waals surface area contributed by atoms with Gasteiger partial charge in [0.2, 0.25) is 0 Å². The molecular formula is C11H23N3O2. The first-order chi connectivity index (χ1) is 7.51. The Labute approximate surface area is 97.7 Å². The summed E-state index contributed by atoms with van der Waals surface area (Å²) >= 11 is 0. The minimum Gasteiger partial charge on any atom is -0.469 e. The number of carbonyl (C=O) groups excluding carboxylic acids is 1. The lowest BCUT2D eigenvalue weighted by molar-refractivity contribution is -0.140. The molecule has 0 radical (unpaired) electrons. The van der Waals surface area contributed by atoms with Crippen molar-refractivity contribution in [1.82, 2.24) is 10.6 Å². The smallest absolute Gasteiger partial charge is 0.307 e. The molecule has 0 aliphatic heterocycles. The molecule has 0 aromatic heterocycles. The van der Waals surface area contributed by atoms with Gasteiger partial charge >= 0.3 is 5.97 Å². The highest BCUT2D eigenvalue weighted by atomic mass is 16.5. The Morgan fingerprint density at radius 2 is 2.00 bits per heavy atom. The minimum atomic E-state index is -0.222. The zero-order valence-electron chi connectivity index (χ0n) is 10.8. The van der Waals surface area contributed by atoms with E-state index in [1.54, 1.807) is 7.05 Å². The topological polar surface area (TPSA) is 62.7 Å². The highest BCUT2D eigenvalue weighted by molar-refractivity contribution is 5.80. The summed E-state index contributed by atoms with van der Waals surface area (Å²) in [6.45, 7) is 6.90. The molecule has 16 heavy (non-hydrogen) atoms. The molecule has 0 aromatic carbocycles. The standard InChI is InChI=1S/C11H23N3O2/c1-8(2)9(3)14-11(12-4)13-7-6-10(15)16-5/h8-9H,6-7H2,1-5H3,(H2,12,13,14). The summed E-state index contributed by atoms with van der Waals surface area (Å²) in [6.07, 6.45) is 0.341. The van der Waals surface area contributed by atoms with E-state index in [-0.39, 0.29) is 5.97 Å². The lowest BCUT2D eigenvalue weighted by Gasteiger charge is -2.20. The van der Waals surface area contributed by atoms with Crippen molar-refractivity contribution in [3.8, 4) is 0 Å². The van der Waals surface area contributed by atoms with Gasteiger partial charge in [0.25, 0.3) is 0 Å². The molecular weight excluding hydrogens is 206 g/mol. The predicted molar refractivity (Wildman–Crippen MR) is 65.4 cm³/mol. The van der Waals surface area contributed by atoms with Gasteiger partial charge in [0.1, 0.15) is 0 Å². The summed E-state index contributed by atoms with van der Waals surface area (Å²) in [6, 6.07) is 0.337. The van der Waals surface area contributed by atoms with Crippen LogP contribution in [0.5, 0.6) is 0 Å². The Kier molecular flexibility index (Phi) is 7.33. The van der Waals surface area contributed by atoms with Gasteiger partial charge in [0.15, 0.2) is 5.96 Å². The molecule has 0 aliphatic carbocycles. The van der Waals surface area contributed by atoms with Crippen molar-refractivity contribution < 1.29 is 9.53 Å². The van der Waals surface area contributed by atoms with E-state index in [1.165, 1.54) is 7.11 Å². The normalized spacial score (nSPS) is 13.5. The van der Waals surface area contributed by atoms with Gasteiger partial charge in [-0.2, -0.15) is 0 Å². The van der Waals surface area contributed by atoms with Crippen LogP contribution in [0.4, 0.5) is 0 Å². The van der Waals surface area contributed by atoms with Crippen LogP contribution in [-0.4, -0.2) is 38.7 Å². The molecule has 5 nitrogen and oxygen atoms in total. The predicted octanol–water partition coefficient (Wildman–Crippen LogP) is 0.759. The van der Waals surface area contributed by atoms with Crippen LogP contribution in [0, 0.1) is 5.92 Å². The van der Waals surface area contributed by atoms with E-state index < -0.39 is 0 Å². The molecule has 0 aliphatic rings. The van der Waals surface area contributed by atoms with E-state index in [2.05, 4.69) is 41.1 Å². The molecule has 0 amide bonds. The molecule has 0 aromatic rings. The van der Waals surface area contributed by atoms with E-state index >= 15 is 0 Å². The molecule has 0 saturated carbocycles. The fourth-order valence-corrected chi connectivity index (χ4v) is 0.962. The largest absolute Gasteiger partial charge is 0.469 e. The van der Waals surface area contributed by atoms with Crippen molar-refractivity contribution in [2.24, 2.45) is 10.9 Å². The maximum absolute atomic E-state index is 10.9. The quantitative estimate of drug-likeness (QED) is 0.415. The molecule has 0 fully saturated rings. The molecule has 94 valence electrons. The third-order valence-electron chi connectivity index (χ3n) is 2.44. The summed E-state index contributed by atoms with van der Waals surface area (Å²) in [4.78, 5) is 15.0. The van der Waals surface area contributed by atoms with E-state index in [9.17, 15) is 4.79 Å². The molecule has 0 saturated heterocycles. The number of nitrogens with one attached hydrogen (secondary N) is 2. The van der Waals surface area contributed by atoms with Crippen LogP contribution in [0.15, 0.2) is 4.99 Å². The number of carbonyl (C=O) groups is 1. The zero-order valence-corrected chi connectivity index (χ0v) is 10.8. The molecule has 0 rings (SSSR count). The molecule has 1 unspecified atom stereocenters. The lowest BCUT2D eigenvalue weighted by Crippen LogP contribution is -2.44. The van der Waals surface area contributed by atoms with Crippen molar-refractivity contribution >= 4 is 11.9 Å². The Morgan fingerprint density at radius 3 is 2.44 bits per heavy atom. The minimum absolute atomic E-state index is 0.222. The summed E-state index contributed by atoms with van der Waals surface area (Å²) < 4.78 is 4.55. The van der Waals surface area contributed by atoms with Crippen LogP contribution < -0.4 is 10.6 Å². The van der Waals surface area contributed by atoms with Crippen LogP contribution in [0.25, 0.3) is 0 Å². The number of hydrogen-bond acceptors (Lipinski definition) is 3. The number of aliphatic imine (C=N–C) groups is 1. The fourth-order valence-electron chi connectivity index (χ4n) is 0.962. The number of hydrogen-bond donors (Lipinski definition) is 2. The number of rotatable bonds is 5. The highest BCUT2D eigenvalue weighted by Gasteiger charge is 2.08. The Hall–Kier alpha value is -1.26. The third kappa shape index (κ3) is 6.27. The maximum Gasteiger partial charge on any atom is 0.307 e. The number of ether oxygens (including phenoxy) is 1. The first-order valence-corrected chi connectivity index (χ1v) is 5.55. The van der Waals surface area contributed by atoms with Gasteiger partial charge in [-0.05, 0) is 12.8 Å².